The van der Waals surface area contributed by atoms with E-state index in [4.69, 9.17) is 4.74 Å². The number of sulfonamides is 1. The van der Waals surface area contributed by atoms with Crippen molar-refractivity contribution in [3.05, 3.63) is 70.5 Å². The Hall–Kier alpha value is -3.64. The van der Waals surface area contributed by atoms with Gasteiger partial charge in [0.1, 0.15) is 16.8 Å². The molecule has 0 amide bonds. The van der Waals surface area contributed by atoms with Gasteiger partial charge in [-0.2, -0.15) is 4.31 Å². The molecule has 0 unspecified atom stereocenters. The first-order valence-corrected chi connectivity index (χ1v) is 12.0. The topological polar surface area (TPSA) is 116 Å². The first-order valence-electron chi connectivity index (χ1n) is 10.6. The van der Waals surface area contributed by atoms with Crippen molar-refractivity contribution in [1.82, 2.24) is 23.5 Å². The molecule has 1 saturated heterocycles. The Morgan fingerprint density at radius 3 is 2.68 bits per heavy atom. The van der Waals surface area contributed by atoms with Crippen LogP contribution in [-0.2, 0) is 33.2 Å². The molecule has 0 aliphatic carbocycles. The third-order valence-electron chi connectivity index (χ3n) is 5.94. The number of rotatable bonds is 5. The molecule has 0 saturated carbocycles. The van der Waals surface area contributed by atoms with Gasteiger partial charge in [-0.3, -0.25) is 18.6 Å². The van der Waals surface area contributed by atoms with Crippen LogP contribution in [0, 0.1) is 5.82 Å². The van der Waals surface area contributed by atoms with Crippen molar-refractivity contribution < 1.29 is 22.3 Å². The fraction of sp³-hybridized carbons (Fsp3) is 0.273. The van der Waals surface area contributed by atoms with E-state index in [1.54, 1.807) is 35.7 Å². The number of hydrogen-bond acceptors (Lipinski definition) is 7. The molecular weight excluding hydrogens is 465 g/mol. The molecule has 0 N–H and O–H groups in total. The summed E-state index contributed by atoms with van der Waals surface area (Å²) in [6.45, 7) is -0.205. The monoisotopic (exact) mass is 485 g/mol. The van der Waals surface area contributed by atoms with Crippen LogP contribution in [0.4, 0.5) is 4.39 Å². The van der Waals surface area contributed by atoms with Gasteiger partial charge in [-0.15, -0.1) is 10.2 Å². The van der Waals surface area contributed by atoms with Crippen LogP contribution in [0.25, 0.3) is 16.7 Å². The van der Waals surface area contributed by atoms with Crippen molar-refractivity contribution in [3.8, 4) is 0 Å². The van der Waals surface area contributed by atoms with Gasteiger partial charge in [0, 0.05) is 13.6 Å². The van der Waals surface area contributed by atoms with Gasteiger partial charge in [0.25, 0.3) is 5.56 Å². The summed E-state index contributed by atoms with van der Waals surface area (Å²) in [6.07, 6.45) is 0.693. The first-order chi connectivity index (χ1) is 16.3. The molecule has 1 aliphatic rings. The van der Waals surface area contributed by atoms with E-state index in [0.717, 1.165) is 10.4 Å². The van der Waals surface area contributed by atoms with Crippen LogP contribution >= 0.6 is 0 Å². The average molecular weight is 485 g/mol. The number of nitrogens with zero attached hydrogens (tertiary/aromatic N) is 5. The zero-order valence-electron chi connectivity index (χ0n) is 18.1. The van der Waals surface area contributed by atoms with E-state index >= 15 is 0 Å². The molecule has 1 aliphatic heterocycles. The third-order valence-corrected chi connectivity index (χ3v) is 7.88. The minimum absolute atomic E-state index is 0.0804. The number of fused-ring (bicyclic) bond motifs is 3. The number of aromatic nitrogens is 4. The summed E-state index contributed by atoms with van der Waals surface area (Å²) in [5, 5.41) is 8.56. The van der Waals surface area contributed by atoms with Gasteiger partial charge in [-0.05, 0) is 37.1 Å². The van der Waals surface area contributed by atoms with Gasteiger partial charge in [-0.25, -0.2) is 12.8 Å². The van der Waals surface area contributed by atoms with Crippen LogP contribution in [0.15, 0.2) is 58.2 Å². The molecule has 5 rings (SSSR count). The number of benzene rings is 2. The van der Waals surface area contributed by atoms with Crippen LogP contribution in [-0.4, -0.2) is 50.4 Å². The Morgan fingerprint density at radius 2 is 1.88 bits per heavy atom. The lowest BCUT2D eigenvalue weighted by Crippen LogP contribution is -2.41. The van der Waals surface area contributed by atoms with Crippen molar-refractivity contribution >= 4 is 32.7 Å². The Morgan fingerprint density at radius 1 is 1.15 bits per heavy atom. The highest BCUT2D eigenvalue weighted by atomic mass is 32.2. The molecule has 1 atom stereocenters. The number of esters is 1. The zero-order chi connectivity index (χ0) is 24.0. The maximum Gasteiger partial charge on any atom is 0.324 e. The molecule has 4 aromatic rings. The number of halogens is 1. The van der Waals surface area contributed by atoms with Gasteiger partial charge in [-0.1, -0.05) is 24.3 Å². The fourth-order valence-corrected chi connectivity index (χ4v) is 5.97. The summed E-state index contributed by atoms with van der Waals surface area (Å²) >= 11 is 0. The van der Waals surface area contributed by atoms with E-state index in [2.05, 4.69) is 10.2 Å². The normalized spacial score (nSPS) is 16.9. The molecule has 3 heterocycles. The van der Waals surface area contributed by atoms with E-state index in [9.17, 15) is 22.4 Å². The number of hydrogen-bond donors (Lipinski definition) is 0. The summed E-state index contributed by atoms with van der Waals surface area (Å²) < 4.78 is 49.6. The number of carbonyl (C=O) groups excluding carboxylic acids is 1. The van der Waals surface area contributed by atoms with Gasteiger partial charge in [0.05, 0.1) is 10.9 Å². The zero-order valence-corrected chi connectivity index (χ0v) is 18.9. The van der Waals surface area contributed by atoms with Crippen LogP contribution < -0.4 is 5.56 Å². The molecule has 0 spiro atoms. The first kappa shape index (κ1) is 22.2. The maximum atomic E-state index is 14.2. The summed E-state index contributed by atoms with van der Waals surface area (Å²) in [5.41, 5.74) is 0.320. The summed E-state index contributed by atoms with van der Waals surface area (Å²) in [6, 6.07) is 10.9. The quantitative estimate of drug-likeness (QED) is 0.395. The minimum atomic E-state index is -4.22. The van der Waals surface area contributed by atoms with E-state index < -0.39 is 32.7 Å². The second kappa shape index (κ2) is 8.29. The molecule has 34 heavy (non-hydrogen) atoms. The Kier molecular flexibility index (Phi) is 5.41. The lowest BCUT2D eigenvalue weighted by molar-refractivity contribution is -0.149. The van der Waals surface area contributed by atoms with Crippen LogP contribution in [0.1, 0.15) is 18.7 Å². The molecule has 0 bridgehead atoms. The number of carbonyl (C=O) groups is 1. The van der Waals surface area contributed by atoms with Crippen molar-refractivity contribution in [3.63, 3.8) is 0 Å². The number of ether oxygens (including phenoxy) is 1. The predicted molar refractivity (Wildman–Crippen MR) is 119 cm³/mol. The highest BCUT2D eigenvalue weighted by Crippen LogP contribution is 2.28. The van der Waals surface area contributed by atoms with Crippen LogP contribution in [0.2, 0.25) is 0 Å². The second-order valence-electron chi connectivity index (χ2n) is 7.94. The summed E-state index contributed by atoms with van der Waals surface area (Å²) in [7, 11) is -2.66. The van der Waals surface area contributed by atoms with Crippen molar-refractivity contribution in [2.75, 3.05) is 6.54 Å². The average Bonchev–Trinajstić information content (AvgIpc) is 3.49. The fourth-order valence-electron chi connectivity index (χ4n) is 4.26. The van der Waals surface area contributed by atoms with E-state index in [1.165, 1.54) is 22.8 Å². The van der Waals surface area contributed by atoms with E-state index in [-0.39, 0.29) is 36.7 Å². The van der Waals surface area contributed by atoms with Crippen molar-refractivity contribution in [2.45, 2.75) is 30.4 Å². The largest absolute Gasteiger partial charge is 0.456 e. The van der Waals surface area contributed by atoms with Crippen molar-refractivity contribution in [2.24, 2.45) is 7.05 Å². The van der Waals surface area contributed by atoms with Gasteiger partial charge in [0.2, 0.25) is 15.8 Å². The molecule has 1 fully saturated rings. The molecule has 0 radical (unpaired) electrons. The number of aryl methyl sites for hydroxylation is 1. The predicted octanol–water partition coefficient (Wildman–Crippen LogP) is 1.62. The third kappa shape index (κ3) is 3.46. The van der Waals surface area contributed by atoms with Crippen LogP contribution in [0.5, 0.6) is 0 Å². The Balaban J connectivity index is 1.43. The second-order valence-corrected chi connectivity index (χ2v) is 9.80. The standard InChI is InChI=1S/C22H20FN5O5S/c1-26-20(29)14-7-2-4-9-16(14)28-19(24-25-22(26)28)13-33-21(30)17-10-6-12-27(17)34(31,32)18-11-5-3-8-15(18)23/h2-5,7-9,11,17H,6,10,12-13H2,1H3/t17-/m1/s1. The lowest BCUT2D eigenvalue weighted by atomic mass is 10.2. The highest BCUT2D eigenvalue weighted by molar-refractivity contribution is 7.89. The minimum Gasteiger partial charge on any atom is -0.456 e. The van der Waals surface area contributed by atoms with Gasteiger partial charge < -0.3 is 4.74 Å². The maximum absolute atomic E-state index is 14.2. The Labute approximate surface area is 193 Å². The molecule has 176 valence electrons. The van der Waals surface area contributed by atoms with Crippen LogP contribution in [0.3, 0.4) is 0 Å². The SMILES string of the molecule is Cn1c(=O)c2ccccc2n2c(COC(=O)[C@H]3CCCN3S(=O)(=O)c3ccccc3F)nnc12. The molecule has 12 heteroatoms. The summed E-state index contributed by atoms with van der Waals surface area (Å²) in [5.74, 6) is -1.09. The highest BCUT2D eigenvalue weighted by Gasteiger charge is 2.41. The van der Waals surface area contributed by atoms with Gasteiger partial charge >= 0.3 is 5.97 Å². The van der Waals surface area contributed by atoms with Gasteiger partial charge in [0.15, 0.2) is 12.4 Å². The lowest BCUT2D eigenvalue weighted by Gasteiger charge is -2.22. The Bertz CT molecular complexity index is 1600. The van der Waals surface area contributed by atoms with E-state index in [0.29, 0.717) is 17.3 Å². The molecule has 2 aromatic heterocycles. The molecule has 2 aromatic carbocycles. The molecule has 10 nitrogen and oxygen atoms in total. The smallest absolute Gasteiger partial charge is 0.324 e. The summed E-state index contributed by atoms with van der Waals surface area (Å²) in [4.78, 5) is 25.0. The number of para-hydroxylation sites is 1. The van der Waals surface area contributed by atoms with E-state index in [1.807, 2.05) is 0 Å². The van der Waals surface area contributed by atoms with Crippen molar-refractivity contribution in [1.29, 1.82) is 0 Å². The molecular formula is C22H20FN5O5S.